The van der Waals surface area contributed by atoms with Gasteiger partial charge in [-0.05, 0) is 117 Å². The Balaban J connectivity index is 0.949. The quantitative estimate of drug-likeness (QED) is 0.145. The number of anilines is 3. The first kappa shape index (κ1) is 38.0. The lowest BCUT2D eigenvalue weighted by Crippen LogP contribution is -2.09. The molecule has 0 saturated heterocycles. The molecule has 0 fully saturated rings. The van der Waals surface area contributed by atoms with Crippen LogP contribution in [0.5, 0.6) is 0 Å². The Bertz CT molecular complexity index is 3530. The number of rotatable bonds is 9. The predicted molar refractivity (Wildman–Crippen MR) is 273 cm³/mol. The summed E-state index contributed by atoms with van der Waals surface area (Å²) in [7, 11) is 0. The minimum absolute atomic E-state index is 0.895. The summed E-state index contributed by atoms with van der Waals surface area (Å²) in [4.78, 5) is 2.33. The first-order chi connectivity index (χ1) is 32.1. The first-order valence-electron chi connectivity index (χ1n) is 22.0. The Morgan fingerprint density at radius 3 is 1.12 bits per heavy atom. The van der Waals surface area contributed by atoms with Gasteiger partial charge in [-0.25, -0.2) is 0 Å². The minimum Gasteiger partial charge on any atom is -0.455 e. The standard InChI is InChI=1S/C62H41NO2/c1-2-41-22-24-43(25-23-41)48-38-47(42-12-4-3-5-13-42)39-49(40-48)44-26-32-50(33-27-44)63(51-34-28-45(29-35-51)53-16-10-18-57-55-14-6-8-20-59(55)64-61(53)57)52-36-30-46(31-37-52)54-17-11-19-58-56-15-7-9-21-60(56)65-62(54)58/h2-40H,1H2. The summed E-state index contributed by atoms with van der Waals surface area (Å²) in [5.41, 5.74) is 19.1. The molecule has 2 heterocycles. The highest BCUT2D eigenvalue weighted by molar-refractivity contribution is 6.10. The van der Waals surface area contributed by atoms with Crippen LogP contribution in [0.1, 0.15) is 5.56 Å². The average Bonchev–Trinajstić information content (AvgIpc) is 3.96. The van der Waals surface area contributed by atoms with Crippen LogP contribution in [0.4, 0.5) is 17.1 Å². The summed E-state index contributed by atoms with van der Waals surface area (Å²) in [6, 6.07) is 82.0. The van der Waals surface area contributed by atoms with Crippen LogP contribution in [0, 0.1) is 0 Å². The second-order valence-corrected chi connectivity index (χ2v) is 16.5. The van der Waals surface area contributed by atoms with Crippen molar-refractivity contribution in [2.75, 3.05) is 4.90 Å². The second-order valence-electron chi connectivity index (χ2n) is 16.5. The van der Waals surface area contributed by atoms with Crippen LogP contribution in [-0.4, -0.2) is 0 Å². The van der Waals surface area contributed by atoms with Gasteiger partial charge in [0.2, 0.25) is 0 Å². The van der Waals surface area contributed by atoms with Gasteiger partial charge in [0.25, 0.3) is 0 Å². The molecule has 2 aromatic heterocycles. The van der Waals surface area contributed by atoms with E-state index in [0.717, 1.165) is 105 Å². The molecular formula is C62H41NO2. The topological polar surface area (TPSA) is 29.5 Å². The predicted octanol–water partition coefficient (Wildman–Crippen LogP) is 17.9. The molecule has 0 bridgehead atoms. The molecule has 306 valence electrons. The van der Waals surface area contributed by atoms with Gasteiger partial charge in [0.1, 0.15) is 22.3 Å². The number of hydrogen-bond donors (Lipinski definition) is 0. The molecule has 3 heteroatoms. The Hall–Kier alpha value is -8.66. The minimum atomic E-state index is 0.895. The third kappa shape index (κ3) is 6.87. The van der Waals surface area contributed by atoms with Crippen LogP contribution in [0.25, 0.3) is 106 Å². The molecule has 12 aromatic rings. The fourth-order valence-electron chi connectivity index (χ4n) is 9.35. The lowest BCUT2D eigenvalue weighted by molar-refractivity contribution is 0.669. The number of nitrogens with zero attached hydrogens (tertiary/aromatic N) is 1. The highest BCUT2D eigenvalue weighted by atomic mass is 16.3. The molecule has 0 aliphatic heterocycles. The van der Waals surface area contributed by atoms with E-state index < -0.39 is 0 Å². The summed E-state index contributed by atoms with van der Waals surface area (Å²) in [5.74, 6) is 0. The second kappa shape index (κ2) is 15.9. The molecule has 3 nitrogen and oxygen atoms in total. The van der Waals surface area contributed by atoms with E-state index >= 15 is 0 Å². The fourth-order valence-corrected chi connectivity index (χ4v) is 9.35. The maximum absolute atomic E-state index is 6.45. The lowest BCUT2D eigenvalue weighted by atomic mass is 9.93. The van der Waals surface area contributed by atoms with Gasteiger partial charge in [-0.1, -0.05) is 176 Å². The molecule has 65 heavy (non-hydrogen) atoms. The fraction of sp³-hybridized carbons (Fsp3) is 0. The van der Waals surface area contributed by atoms with Crippen molar-refractivity contribution >= 4 is 67.0 Å². The summed E-state index contributed by atoms with van der Waals surface area (Å²) in [5, 5.41) is 4.49. The van der Waals surface area contributed by atoms with E-state index in [9.17, 15) is 0 Å². The van der Waals surface area contributed by atoms with Crippen molar-refractivity contribution in [3.05, 3.63) is 243 Å². The van der Waals surface area contributed by atoms with Gasteiger partial charge >= 0.3 is 0 Å². The molecule has 0 saturated carbocycles. The van der Waals surface area contributed by atoms with Crippen molar-refractivity contribution < 1.29 is 8.83 Å². The molecule has 12 rings (SSSR count). The smallest absolute Gasteiger partial charge is 0.143 e. The van der Waals surface area contributed by atoms with E-state index in [4.69, 9.17) is 8.83 Å². The van der Waals surface area contributed by atoms with Crippen LogP contribution in [0.15, 0.2) is 246 Å². The van der Waals surface area contributed by atoms with Gasteiger partial charge in [-0.2, -0.15) is 0 Å². The van der Waals surface area contributed by atoms with E-state index in [1.807, 2.05) is 30.3 Å². The Kier molecular flexibility index (Phi) is 9.31. The van der Waals surface area contributed by atoms with Crippen molar-refractivity contribution in [1.82, 2.24) is 0 Å². The molecular weight excluding hydrogens is 791 g/mol. The van der Waals surface area contributed by atoms with Gasteiger partial charge in [0.05, 0.1) is 0 Å². The van der Waals surface area contributed by atoms with E-state index in [1.54, 1.807) is 0 Å². The number of fused-ring (bicyclic) bond motifs is 6. The largest absolute Gasteiger partial charge is 0.455 e. The zero-order valence-corrected chi connectivity index (χ0v) is 35.5. The van der Waals surface area contributed by atoms with Crippen molar-refractivity contribution in [3.8, 4) is 55.6 Å². The normalized spacial score (nSPS) is 11.4. The van der Waals surface area contributed by atoms with Crippen molar-refractivity contribution in [1.29, 1.82) is 0 Å². The van der Waals surface area contributed by atoms with Gasteiger partial charge in [-0.15, -0.1) is 0 Å². The van der Waals surface area contributed by atoms with Gasteiger partial charge in [0, 0.05) is 49.7 Å². The Labute approximate surface area is 377 Å². The van der Waals surface area contributed by atoms with Gasteiger partial charge < -0.3 is 13.7 Å². The molecule has 0 aliphatic carbocycles. The summed E-state index contributed by atoms with van der Waals surface area (Å²) < 4.78 is 12.9. The molecule has 0 radical (unpaired) electrons. The third-order valence-corrected chi connectivity index (χ3v) is 12.7. The Morgan fingerprint density at radius 1 is 0.308 bits per heavy atom. The zero-order valence-electron chi connectivity index (χ0n) is 35.5. The van der Waals surface area contributed by atoms with E-state index in [0.29, 0.717) is 0 Å². The monoisotopic (exact) mass is 831 g/mol. The molecule has 0 spiro atoms. The SMILES string of the molecule is C=Cc1ccc(-c2cc(-c3ccccc3)cc(-c3ccc(N(c4ccc(-c5cccc6c5oc5ccccc56)cc4)c4ccc(-c5cccc6c5oc5ccccc56)cc4)cc3)c2)cc1. The highest BCUT2D eigenvalue weighted by Crippen LogP contribution is 2.42. The van der Waals surface area contributed by atoms with E-state index in [1.165, 1.54) is 16.7 Å². The van der Waals surface area contributed by atoms with Crippen molar-refractivity contribution in [2.24, 2.45) is 0 Å². The average molecular weight is 832 g/mol. The van der Waals surface area contributed by atoms with Gasteiger partial charge in [0.15, 0.2) is 0 Å². The summed E-state index contributed by atoms with van der Waals surface area (Å²) in [6.45, 7) is 3.95. The molecule has 10 aromatic carbocycles. The van der Waals surface area contributed by atoms with E-state index in [-0.39, 0.29) is 0 Å². The number of hydrogen-bond acceptors (Lipinski definition) is 3. The van der Waals surface area contributed by atoms with Crippen LogP contribution in [-0.2, 0) is 0 Å². The number of benzene rings is 10. The molecule has 0 amide bonds. The number of para-hydroxylation sites is 4. The maximum atomic E-state index is 6.45. The molecule has 0 atom stereocenters. The third-order valence-electron chi connectivity index (χ3n) is 12.7. The molecule has 0 N–H and O–H groups in total. The van der Waals surface area contributed by atoms with Crippen LogP contribution < -0.4 is 4.90 Å². The Morgan fingerprint density at radius 2 is 0.677 bits per heavy atom. The van der Waals surface area contributed by atoms with Crippen molar-refractivity contribution in [3.63, 3.8) is 0 Å². The highest BCUT2D eigenvalue weighted by Gasteiger charge is 2.18. The number of furan rings is 2. The summed E-state index contributed by atoms with van der Waals surface area (Å²) >= 11 is 0. The molecule has 0 unspecified atom stereocenters. The van der Waals surface area contributed by atoms with E-state index in [2.05, 4.69) is 218 Å². The summed E-state index contributed by atoms with van der Waals surface area (Å²) in [6.07, 6.45) is 1.88. The van der Waals surface area contributed by atoms with Crippen LogP contribution >= 0.6 is 0 Å². The lowest BCUT2D eigenvalue weighted by Gasteiger charge is -2.26. The van der Waals surface area contributed by atoms with Crippen molar-refractivity contribution in [2.45, 2.75) is 0 Å². The van der Waals surface area contributed by atoms with Crippen LogP contribution in [0.3, 0.4) is 0 Å². The van der Waals surface area contributed by atoms with Crippen LogP contribution in [0.2, 0.25) is 0 Å². The molecule has 0 aliphatic rings. The zero-order chi connectivity index (χ0) is 43.3. The first-order valence-corrected chi connectivity index (χ1v) is 22.0. The maximum Gasteiger partial charge on any atom is 0.143 e. The van der Waals surface area contributed by atoms with Gasteiger partial charge in [-0.3, -0.25) is 0 Å².